The van der Waals surface area contributed by atoms with E-state index in [1.165, 1.54) is 4.31 Å². The number of carbonyl (C=O) groups is 1. The van der Waals surface area contributed by atoms with Crippen molar-refractivity contribution in [2.45, 2.75) is 26.2 Å². The lowest BCUT2D eigenvalue weighted by Gasteiger charge is -2.15. The standard InChI is InChI=1S/C14H19BrN2O3S/c1-11-10-12(4-5-13(11)15)16-14(18)6-9-21(19,20)17-7-2-3-8-17/h4-5,10H,2-3,6-9H2,1H3,(H,16,18). The lowest BCUT2D eigenvalue weighted by Crippen LogP contribution is -2.31. The van der Waals surface area contributed by atoms with E-state index >= 15 is 0 Å². The molecule has 1 aliphatic heterocycles. The third-order valence-electron chi connectivity index (χ3n) is 3.49. The summed E-state index contributed by atoms with van der Waals surface area (Å²) in [6.07, 6.45) is 1.79. The highest BCUT2D eigenvalue weighted by Gasteiger charge is 2.25. The van der Waals surface area contributed by atoms with Gasteiger partial charge in [0.15, 0.2) is 0 Å². The fourth-order valence-corrected chi connectivity index (χ4v) is 4.03. The molecule has 0 bridgehead atoms. The fraction of sp³-hybridized carbons (Fsp3) is 0.500. The van der Waals surface area contributed by atoms with Crippen LogP contribution >= 0.6 is 15.9 Å². The fourth-order valence-electron chi connectivity index (χ4n) is 2.26. The molecule has 0 unspecified atom stereocenters. The number of nitrogens with one attached hydrogen (secondary N) is 1. The van der Waals surface area contributed by atoms with Gasteiger partial charge in [-0.1, -0.05) is 15.9 Å². The van der Waals surface area contributed by atoms with Crippen LogP contribution in [0.4, 0.5) is 5.69 Å². The van der Waals surface area contributed by atoms with Gasteiger partial charge in [0.2, 0.25) is 15.9 Å². The molecule has 7 heteroatoms. The molecule has 0 radical (unpaired) electrons. The number of sulfonamides is 1. The number of aryl methyl sites for hydroxylation is 1. The van der Waals surface area contributed by atoms with E-state index < -0.39 is 10.0 Å². The summed E-state index contributed by atoms with van der Waals surface area (Å²) in [6.45, 7) is 3.09. The SMILES string of the molecule is Cc1cc(NC(=O)CCS(=O)(=O)N2CCCC2)ccc1Br. The molecule has 0 aliphatic carbocycles. The van der Waals surface area contributed by atoms with Crippen LogP contribution in [0.25, 0.3) is 0 Å². The number of hydrogen-bond acceptors (Lipinski definition) is 3. The highest BCUT2D eigenvalue weighted by Crippen LogP contribution is 2.20. The average molecular weight is 375 g/mol. The van der Waals surface area contributed by atoms with Crippen molar-refractivity contribution in [2.75, 3.05) is 24.2 Å². The predicted molar refractivity (Wildman–Crippen MR) is 86.7 cm³/mol. The van der Waals surface area contributed by atoms with Gasteiger partial charge in [0, 0.05) is 29.7 Å². The Balaban J connectivity index is 1.88. The second-order valence-electron chi connectivity index (χ2n) is 5.18. The Kier molecular flexibility index (Phi) is 5.40. The second-order valence-corrected chi connectivity index (χ2v) is 8.13. The van der Waals surface area contributed by atoms with Gasteiger partial charge in [0.05, 0.1) is 5.75 Å². The van der Waals surface area contributed by atoms with Crippen LogP contribution in [0, 0.1) is 6.92 Å². The molecule has 1 amide bonds. The molecule has 1 aliphatic rings. The molecule has 116 valence electrons. The van der Waals surface area contributed by atoms with Crippen molar-refractivity contribution in [3.63, 3.8) is 0 Å². The zero-order chi connectivity index (χ0) is 15.5. The van der Waals surface area contributed by atoms with Crippen molar-refractivity contribution in [3.05, 3.63) is 28.2 Å². The van der Waals surface area contributed by atoms with Gasteiger partial charge >= 0.3 is 0 Å². The first kappa shape index (κ1) is 16.5. The largest absolute Gasteiger partial charge is 0.326 e. The van der Waals surface area contributed by atoms with Crippen molar-refractivity contribution in [1.29, 1.82) is 0 Å². The van der Waals surface area contributed by atoms with Crippen LogP contribution in [0.5, 0.6) is 0 Å². The zero-order valence-corrected chi connectivity index (χ0v) is 14.3. The van der Waals surface area contributed by atoms with Gasteiger partial charge in [-0.25, -0.2) is 12.7 Å². The molecule has 0 saturated carbocycles. The summed E-state index contributed by atoms with van der Waals surface area (Å²) in [6, 6.07) is 5.48. The van der Waals surface area contributed by atoms with E-state index in [2.05, 4.69) is 21.2 Å². The molecule has 5 nitrogen and oxygen atoms in total. The topological polar surface area (TPSA) is 66.5 Å². The second kappa shape index (κ2) is 6.89. The summed E-state index contributed by atoms with van der Waals surface area (Å²) in [5.74, 6) is -0.409. The molecule has 0 spiro atoms. The van der Waals surface area contributed by atoms with E-state index in [-0.39, 0.29) is 18.1 Å². The van der Waals surface area contributed by atoms with Crippen molar-refractivity contribution >= 4 is 37.5 Å². The number of amides is 1. The molecule has 21 heavy (non-hydrogen) atoms. The summed E-state index contributed by atoms with van der Waals surface area (Å²) in [5.41, 5.74) is 1.69. The Morgan fingerprint density at radius 3 is 2.62 bits per heavy atom. The maximum absolute atomic E-state index is 12.0. The molecule has 2 rings (SSSR count). The minimum absolute atomic E-state index is 0.0199. The Labute approximate surface area is 133 Å². The minimum Gasteiger partial charge on any atom is -0.326 e. The van der Waals surface area contributed by atoms with E-state index in [1.807, 2.05) is 19.1 Å². The van der Waals surface area contributed by atoms with Crippen molar-refractivity contribution in [1.82, 2.24) is 4.31 Å². The maximum Gasteiger partial charge on any atom is 0.225 e. The number of benzene rings is 1. The normalized spacial score (nSPS) is 16.1. The van der Waals surface area contributed by atoms with E-state index in [4.69, 9.17) is 0 Å². The molecule has 1 saturated heterocycles. The quantitative estimate of drug-likeness (QED) is 0.860. The lowest BCUT2D eigenvalue weighted by atomic mass is 10.2. The van der Waals surface area contributed by atoms with Crippen LogP contribution in [-0.4, -0.2) is 37.5 Å². The third kappa shape index (κ3) is 4.52. The van der Waals surface area contributed by atoms with Gasteiger partial charge in [-0.2, -0.15) is 0 Å². The van der Waals surface area contributed by atoms with Crippen molar-refractivity contribution < 1.29 is 13.2 Å². The minimum atomic E-state index is -3.30. The molecule has 0 aromatic heterocycles. The van der Waals surface area contributed by atoms with Gasteiger partial charge in [-0.05, 0) is 43.5 Å². The first-order valence-corrected chi connectivity index (χ1v) is 9.32. The molecule has 1 heterocycles. The maximum atomic E-state index is 12.0. The summed E-state index contributed by atoms with van der Waals surface area (Å²) in [5, 5.41) is 2.73. The average Bonchev–Trinajstić information content (AvgIpc) is 2.96. The van der Waals surface area contributed by atoms with Crippen LogP contribution in [0.2, 0.25) is 0 Å². The molecule has 1 aromatic rings. The highest BCUT2D eigenvalue weighted by molar-refractivity contribution is 9.10. The smallest absolute Gasteiger partial charge is 0.225 e. The first-order chi connectivity index (χ1) is 9.88. The number of halogens is 1. The van der Waals surface area contributed by atoms with Crippen LogP contribution in [-0.2, 0) is 14.8 Å². The molecule has 1 aromatic carbocycles. The van der Waals surface area contributed by atoms with Gasteiger partial charge < -0.3 is 5.32 Å². The van der Waals surface area contributed by atoms with E-state index in [1.54, 1.807) is 6.07 Å². The van der Waals surface area contributed by atoms with E-state index in [0.717, 1.165) is 22.9 Å². The van der Waals surface area contributed by atoms with Crippen molar-refractivity contribution in [2.24, 2.45) is 0 Å². The first-order valence-electron chi connectivity index (χ1n) is 6.92. The molecule has 1 N–H and O–H groups in total. The van der Waals surface area contributed by atoms with Gasteiger partial charge in [0.1, 0.15) is 0 Å². The zero-order valence-electron chi connectivity index (χ0n) is 11.9. The van der Waals surface area contributed by atoms with Crippen LogP contribution in [0.1, 0.15) is 24.8 Å². The number of carbonyl (C=O) groups excluding carboxylic acids is 1. The molecule has 0 atom stereocenters. The van der Waals surface area contributed by atoms with Gasteiger partial charge in [-0.15, -0.1) is 0 Å². The predicted octanol–water partition coefficient (Wildman–Crippen LogP) is 2.51. The summed E-state index contributed by atoms with van der Waals surface area (Å²) < 4.78 is 26.5. The molecular formula is C14H19BrN2O3S. The Morgan fingerprint density at radius 1 is 1.33 bits per heavy atom. The highest BCUT2D eigenvalue weighted by atomic mass is 79.9. The summed E-state index contributed by atoms with van der Waals surface area (Å²) in [4.78, 5) is 11.9. The third-order valence-corrected chi connectivity index (χ3v) is 6.25. The molecule has 1 fully saturated rings. The van der Waals surface area contributed by atoms with Gasteiger partial charge in [0.25, 0.3) is 0 Å². The van der Waals surface area contributed by atoms with Gasteiger partial charge in [-0.3, -0.25) is 4.79 Å². The summed E-state index contributed by atoms with van der Waals surface area (Å²) in [7, 11) is -3.30. The van der Waals surface area contributed by atoms with E-state index in [0.29, 0.717) is 18.8 Å². The molecular weight excluding hydrogens is 356 g/mol. The van der Waals surface area contributed by atoms with Crippen LogP contribution in [0.3, 0.4) is 0 Å². The lowest BCUT2D eigenvalue weighted by molar-refractivity contribution is -0.115. The number of rotatable bonds is 5. The summed E-state index contributed by atoms with van der Waals surface area (Å²) >= 11 is 3.39. The van der Waals surface area contributed by atoms with E-state index in [9.17, 15) is 13.2 Å². The van der Waals surface area contributed by atoms with Crippen molar-refractivity contribution in [3.8, 4) is 0 Å². The Morgan fingerprint density at radius 2 is 2.00 bits per heavy atom. The number of anilines is 1. The van der Waals surface area contributed by atoms with Crippen LogP contribution in [0.15, 0.2) is 22.7 Å². The van der Waals surface area contributed by atoms with Crippen LogP contribution < -0.4 is 5.32 Å². The monoisotopic (exact) mass is 374 g/mol. The number of hydrogen-bond donors (Lipinski definition) is 1. The Hall–Kier alpha value is -0.920. The Bertz CT molecular complexity index is 625. The number of nitrogens with zero attached hydrogens (tertiary/aromatic N) is 1.